The fraction of sp³-hybridized carbons (Fsp3) is 0.909. The summed E-state index contributed by atoms with van der Waals surface area (Å²) in [7, 11) is -1.61. The second-order valence-electron chi connectivity index (χ2n) is 5.49. The van der Waals surface area contributed by atoms with E-state index in [1.807, 2.05) is 6.92 Å². The van der Waals surface area contributed by atoms with Gasteiger partial charge in [-0.3, -0.25) is 0 Å². The standard InChI is InChI=1S/C11H23NOSi/c1-10(2)7-8-11(3,9-12)13-14(4,5)6/h10H,7-8H2,1-6H3. The molecule has 0 aromatic heterocycles. The number of hydrogen-bond donors (Lipinski definition) is 0. The van der Waals surface area contributed by atoms with Crippen LogP contribution in [0.15, 0.2) is 0 Å². The van der Waals surface area contributed by atoms with Crippen molar-refractivity contribution in [1.82, 2.24) is 0 Å². The van der Waals surface area contributed by atoms with Crippen LogP contribution >= 0.6 is 0 Å². The van der Waals surface area contributed by atoms with Crippen molar-refractivity contribution in [2.24, 2.45) is 5.92 Å². The Kier molecular flexibility index (Phi) is 4.83. The van der Waals surface area contributed by atoms with Gasteiger partial charge >= 0.3 is 0 Å². The first kappa shape index (κ1) is 13.7. The van der Waals surface area contributed by atoms with E-state index in [9.17, 15) is 0 Å². The molecule has 0 saturated heterocycles. The van der Waals surface area contributed by atoms with Gasteiger partial charge < -0.3 is 4.43 Å². The zero-order valence-corrected chi connectivity index (χ0v) is 11.3. The molecule has 0 fully saturated rings. The Morgan fingerprint density at radius 3 is 2.14 bits per heavy atom. The van der Waals surface area contributed by atoms with E-state index >= 15 is 0 Å². The van der Waals surface area contributed by atoms with Crippen LogP contribution in [0.3, 0.4) is 0 Å². The van der Waals surface area contributed by atoms with Gasteiger partial charge in [0.2, 0.25) is 0 Å². The molecule has 14 heavy (non-hydrogen) atoms. The number of rotatable bonds is 5. The quantitative estimate of drug-likeness (QED) is 0.654. The highest BCUT2D eigenvalue weighted by atomic mass is 28.4. The molecule has 0 aromatic rings. The van der Waals surface area contributed by atoms with Gasteiger partial charge in [-0.1, -0.05) is 13.8 Å². The average molecular weight is 213 g/mol. The van der Waals surface area contributed by atoms with Crippen molar-refractivity contribution < 1.29 is 4.43 Å². The molecular formula is C11H23NOSi. The van der Waals surface area contributed by atoms with Crippen LogP contribution in [0, 0.1) is 17.2 Å². The summed E-state index contributed by atoms with van der Waals surface area (Å²) in [6, 6.07) is 2.30. The van der Waals surface area contributed by atoms with Gasteiger partial charge in [-0.15, -0.1) is 0 Å². The van der Waals surface area contributed by atoms with Crippen LogP contribution in [0.2, 0.25) is 19.6 Å². The number of hydrogen-bond acceptors (Lipinski definition) is 2. The molecule has 0 bridgehead atoms. The summed E-state index contributed by atoms with van der Waals surface area (Å²) in [6.45, 7) is 12.6. The zero-order valence-electron chi connectivity index (χ0n) is 10.3. The second-order valence-corrected chi connectivity index (χ2v) is 9.92. The molecule has 0 saturated carbocycles. The summed E-state index contributed by atoms with van der Waals surface area (Å²) < 4.78 is 5.90. The van der Waals surface area contributed by atoms with Gasteiger partial charge in [-0.2, -0.15) is 5.26 Å². The Hall–Kier alpha value is -0.333. The van der Waals surface area contributed by atoms with Crippen LogP contribution in [0.4, 0.5) is 0 Å². The van der Waals surface area contributed by atoms with Crippen molar-refractivity contribution >= 4 is 8.32 Å². The molecule has 0 aliphatic rings. The van der Waals surface area contributed by atoms with Gasteiger partial charge in [0, 0.05) is 0 Å². The molecule has 0 radical (unpaired) electrons. The maximum absolute atomic E-state index is 9.11. The van der Waals surface area contributed by atoms with E-state index in [1.54, 1.807) is 0 Å². The van der Waals surface area contributed by atoms with Crippen LogP contribution in [0.25, 0.3) is 0 Å². The van der Waals surface area contributed by atoms with E-state index in [0.29, 0.717) is 5.92 Å². The highest BCUT2D eigenvalue weighted by Gasteiger charge is 2.31. The monoisotopic (exact) mass is 213 g/mol. The lowest BCUT2D eigenvalue weighted by Gasteiger charge is -2.30. The van der Waals surface area contributed by atoms with Crippen LogP contribution in [-0.4, -0.2) is 13.9 Å². The largest absolute Gasteiger partial charge is 0.400 e. The zero-order chi connectivity index (χ0) is 11.4. The fourth-order valence-corrected chi connectivity index (χ4v) is 2.87. The molecule has 0 aliphatic carbocycles. The summed E-state index contributed by atoms with van der Waals surface area (Å²) in [6.07, 6.45) is 1.89. The minimum atomic E-state index is -1.61. The average Bonchev–Trinajstić information content (AvgIpc) is 1.98. The summed E-state index contributed by atoms with van der Waals surface area (Å²) >= 11 is 0. The smallest absolute Gasteiger partial charge is 0.185 e. The molecule has 1 unspecified atom stereocenters. The first-order chi connectivity index (χ1) is 6.18. The van der Waals surface area contributed by atoms with Gasteiger partial charge in [0.1, 0.15) is 5.60 Å². The number of nitriles is 1. The van der Waals surface area contributed by atoms with Gasteiger partial charge in [0.15, 0.2) is 8.32 Å². The maximum Gasteiger partial charge on any atom is 0.185 e. The minimum Gasteiger partial charge on any atom is -0.400 e. The van der Waals surface area contributed by atoms with Crippen LogP contribution in [0.1, 0.15) is 33.6 Å². The van der Waals surface area contributed by atoms with Crippen molar-refractivity contribution in [2.45, 2.75) is 58.9 Å². The SMILES string of the molecule is CC(C)CCC(C)(C#N)O[Si](C)(C)C. The van der Waals surface area contributed by atoms with E-state index in [4.69, 9.17) is 9.69 Å². The Labute approximate surface area is 89.4 Å². The lowest BCUT2D eigenvalue weighted by Crippen LogP contribution is -2.39. The van der Waals surface area contributed by atoms with Gasteiger partial charge in [0.05, 0.1) is 6.07 Å². The minimum absolute atomic E-state index is 0.575. The molecule has 0 aromatic carbocycles. The van der Waals surface area contributed by atoms with Crippen molar-refractivity contribution in [2.75, 3.05) is 0 Å². The fourth-order valence-electron chi connectivity index (χ4n) is 1.37. The Morgan fingerprint density at radius 1 is 1.36 bits per heavy atom. The maximum atomic E-state index is 9.11. The van der Waals surface area contributed by atoms with Crippen LogP contribution < -0.4 is 0 Å². The Bertz CT molecular complexity index is 214. The predicted octanol–water partition coefficient (Wildman–Crippen LogP) is 3.56. The van der Waals surface area contributed by atoms with Crippen molar-refractivity contribution in [3.05, 3.63) is 0 Å². The highest BCUT2D eigenvalue weighted by molar-refractivity contribution is 6.69. The molecule has 0 aliphatic heterocycles. The molecular weight excluding hydrogens is 190 g/mol. The first-order valence-corrected chi connectivity index (χ1v) is 8.71. The molecule has 0 heterocycles. The topological polar surface area (TPSA) is 33.0 Å². The lowest BCUT2D eigenvalue weighted by molar-refractivity contribution is 0.123. The third-order valence-corrected chi connectivity index (χ3v) is 3.03. The van der Waals surface area contributed by atoms with E-state index in [0.717, 1.165) is 12.8 Å². The molecule has 0 spiro atoms. The normalized spacial score (nSPS) is 16.4. The summed E-state index contributed by atoms with van der Waals surface area (Å²) in [4.78, 5) is 0. The predicted molar refractivity (Wildman–Crippen MR) is 62.5 cm³/mol. The third kappa shape index (κ3) is 6.17. The van der Waals surface area contributed by atoms with Crippen LogP contribution in [-0.2, 0) is 4.43 Å². The van der Waals surface area contributed by atoms with Crippen LogP contribution in [0.5, 0.6) is 0 Å². The van der Waals surface area contributed by atoms with E-state index in [1.165, 1.54) is 0 Å². The number of nitrogens with zero attached hydrogens (tertiary/aromatic N) is 1. The van der Waals surface area contributed by atoms with E-state index in [2.05, 4.69) is 39.6 Å². The third-order valence-electron chi connectivity index (χ3n) is 1.97. The van der Waals surface area contributed by atoms with Gasteiger partial charge in [-0.25, -0.2) is 0 Å². The molecule has 3 heteroatoms. The van der Waals surface area contributed by atoms with Gasteiger partial charge in [0.25, 0.3) is 0 Å². The molecule has 2 nitrogen and oxygen atoms in total. The van der Waals surface area contributed by atoms with Crippen molar-refractivity contribution in [3.8, 4) is 6.07 Å². The lowest BCUT2D eigenvalue weighted by atomic mass is 9.97. The summed E-state index contributed by atoms with van der Waals surface area (Å²) in [5, 5.41) is 9.11. The molecule has 82 valence electrons. The van der Waals surface area contributed by atoms with Crippen molar-refractivity contribution in [3.63, 3.8) is 0 Å². The molecule has 0 N–H and O–H groups in total. The molecule has 0 amide bonds. The van der Waals surface area contributed by atoms with E-state index < -0.39 is 13.9 Å². The van der Waals surface area contributed by atoms with Crippen molar-refractivity contribution in [1.29, 1.82) is 5.26 Å². The second kappa shape index (κ2) is 4.95. The van der Waals surface area contributed by atoms with Gasteiger partial charge in [-0.05, 0) is 45.3 Å². The summed E-state index contributed by atoms with van der Waals surface area (Å²) in [5.74, 6) is 0.632. The molecule has 0 rings (SSSR count). The Balaban J connectivity index is 4.28. The highest BCUT2D eigenvalue weighted by Crippen LogP contribution is 2.24. The van der Waals surface area contributed by atoms with E-state index in [-0.39, 0.29) is 0 Å². The first-order valence-electron chi connectivity index (χ1n) is 5.30. The molecule has 1 atom stereocenters. The summed E-state index contributed by atoms with van der Waals surface area (Å²) in [5.41, 5.74) is -0.575. The Morgan fingerprint density at radius 2 is 1.86 bits per heavy atom.